The summed E-state index contributed by atoms with van der Waals surface area (Å²) in [5.41, 5.74) is 0.909. The highest BCUT2D eigenvalue weighted by atomic mass is 16.7. The molecule has 2 amide bonds. The van der Waals surface area contributed by atoms with Gasteiger partial charge in [-0.15, -0.1) is 0 Å². The Balaban J connectivity index is 1.75. The van der Waals surface area contributed by atoms with Gasteiger partial charge in [0.15, 0.2) is 11.5 Å². The normalized spacial score (nSPS) is 12.1. The second-order valence-corrected chi connectivity index (χ2v) is 7.86. The van der Waals surface area contributed by atoms with Gasteiger partial charge in [0.2, 0.25) is 18.6 Å². The Labute approximate surface area is 189 Å². The number of methoxy groups -OCH3 is 1. The fraction of sp³-hybridized carbons (Fsp3) is 0.500. The predicted molar refractivity (Wildman–Crippen MR) is 118 cm³/mol. The van der Waals surface area contributed by atoms with Crippen molar-refractivity contribution in [3.05, 3.63) is 47.4 Å². The van der Waals surface area contributed by atoms with Gasteiger partial charge in [-0.05, 0) is 43.2 Å². The Morgan fingerprint density at radius 1 is 1.03 bits per heavy atom. The smallest absolute Gasteiger partial charge is 0.242 e. The number of benzene rings is 1. The molecule has 0 N–H and O–H groups in total. The zero-order valence-corrected chi connectivity index (χ0v) is 19.1. The Kier molecular flexibility index (Phi) is 8.56. The number of carbonyl (C=O) groups excluding carboxylic acids is 2. The first-order valence-electron chi connectivity index (χ1n) is 11.0. The Morgan fingerprint density at radius 2 is 1.84 bits per heavy atom. The predicted octanol–water partition coefficient (Wildman–Crippen LogP) is 3.51. The Morgan fingerprint density at radius 3 is 2.56 bits per heavy atom. The average molecular weight is 445 g/mol. The van der Waals surface area contributed by atoms with Gasteiger partial charge in [-0.3, -0.25) is 9.59 Å². The molecular weight excluding hydrogens is 412 g/mol. The van der Waals surface area contributed by atoms with E-state index in [-0.39, 0.29) is 25.2 Å². The maximum absolute atomic E-state index is 13.3. The fourth-order valence-corrected chi connectivity index (χ4v) is 3.49. The molecule has 0 unspecified atom stereocenters. The maximum Gasteiger partial charge on any atom is 0.242 e. The number of rotatable bonds is 12. The standard InChI is InChI=1S/C24H32N2O6/c1-4-5-6-23(27)25(11-12-29-3)16-24(28)26(15-20-9-7-18(2)32-20)14-19-8-10-21-22(13-19)31-17-30-21/h7-10,13H,4-6,11-12,14-17H2,1-3H3. The first-order chi connectivity index (χ1) is 15.5. The number of hydrogen-bond acceptors (Lipinski definition) is 6. The zero-order chi connectivity index (χ0) is 22.9. The third-order valence-corrected chi connectivity index (χ3v) is 5.29. The molecule has 174 valence electrons. The van der Waals surface area contributed by atoms with E-state index in [0.717, 1.165) is 24.2 Å². The van der Waals surface area contributed by atoms with Gasteiger partial charge < -0.3 is 28.4 Å². The minimum absolute atomic E-state index is 0.00382. The molecule has 0 fully saturated rings. The van der Waals surface area contributed by atoms with Gasteiger partial charge >= 0.3 is 0 Å². The molecule has 0 bridgehead atoms. The van der Waals surface area contributed by atoms with E-state index in [1.165, 1.54) is 0 Å². The summed E-state index contributed by atoms with van der Waals surface area (Å²) in [6.07, 6.45) is 2.14. The van der Waals surface area contributed by atoms with Crippen LogP contribution in [0.1, 0.15) is 43.3 Å². The van der Waals surface area contributed by atoms with E-state index < -0.39 is 0 Å². The van der Waals surface area contributed by atoms with E-state index >= 15 is 0 Å². The van der Waals surface area contributed by atoms with Crippen LogP contribution in [-0.2, 0) is 27.4 Å². The maximum atomic E-state index is 13.3. The minimum Gasteiger partial charge on any atom is -0.464 e. The molecule has 0 radical (unpaired) electrons. The summed E-state index contributed by atoms with van der Waals surface area (Å²) in [6, 6.07) is 9.37. The van der Waals surface area contributed by atoms with Gasteiger partial charge in [0.05, 0.1) is 19.7 Å². The summed E-state index contributed by atoms with van der Waals surface area (Å²) in [4.78, 5) is 29.3. The number of nitrogens with zero attached hydrogens (tertiary/aromatic N) is 2. The summed E-state index contributed by atoms with van der Waals surface area (Å²) >= 11 is 0. The molecule has 0 saturated carbocycles. The molecular formula is C24H32N2O6. The SMILES string of the molecule is CCCCC(=O)N(CCOC)CC(=O)N(Cc1ccc2c(c1)OCO2)Cc1ccc(C)o1. The molecule has 1 aliphatic heterocycles. The fourth-order valence-electron chi connectivity index (χ4n) is 3.49. The molecule has 2 heterocycles. The Hall–Kier alpha value is -3.00. The molecule has 0 atom stereocenters. The lowest BCUT2D eigenvalue weighted by Crippen LogP contribution is -2.43. The zero-order valence-electron chi connectivity index (χ0n) is 19.1. The number of unbranched alkanes of at least 4 members (excludes halogenated alkanes) is 1. The molecule has 0 aliphatic carbocycles. The number of ether oxygens (including phenoxy) is 3. The van der Waals surface area contributed by atoms with Crippen molar-refractivity contribution in [3.63, 3.8) is 0 Å². The second kappa shape index (κ2) is 11.6. The number of aryl methyl sites for hydroxylation is 1. The molecule has 8 nitrogen and oxygen atoms in total. The van der Waals surface area contributed by atoms with Gasteiger partial charge in [0.25, 0.3) is 0 Å². The van der Waals surface area contributed by atoms with E-state index in [2.05, 4.69) is 0 Å². The number of hydrogen-bond donors (Lipinski definition) is 0. The van der Waals surface area contributed by atoms with Crippen LogP contribution in [-0.4, -0.2) is 55.2 Å². The minimum atomic E-state index is -0.155. The summed E-state index contributed by atoms with van der Waals surface area (Å²) in [5, 5.41) is 0. The largest absolute Gasteiger partial charge is 0.464 e. The van der Waals surface area contributed by atoms with E-state index in [0.29, 0.717) is 49.9 Å². The van der Waals surface area contributed by atoms with Gasteiger partial charge in [0.1, 0.15) is 11.5 Å². The molecule has 8 heteroatoms. The van der Waals surface area contributed by atoms with Crippen LogP contribution in [0.5, 0.6) is 11.5 Å². The monoisotopic (exact) mass is 444 g/mol. The summed E-state index contributed by atoms with van der Waals surface area (Å²) in [5.74, 6) is 2.65. The van der Waals surface area contributed by atoms with E-state index in [4.69, 9.17) is 18.6 Å². The number of amides is 2. The van der Waals surface area contributed by atoms with Crippen molar-refractivity contribution in [1.82, 2.24) is 9.80 Å². The second-order valence-electron chi connectivity index (χ2n) is 7.86. The van der Waals surface area contributed by atoms with Crippen LogP contribution < -0.4 is 9.47 Å². The molecule has 1 aliphatic rings. The molecule has 1 aromatic heterocycles. The van der Waals surface area contributed by atoms with Crippen molar-refractivity contribution in [2.24, 2.45) is 0 Å². The van der Waals surface area contributed by atoms with Crippen molar-refractivity contribution >= 4 is 11.8 Å². The lowest BCUT2D eigenvalue weighted by molar-refractivity contribution is -0.142. The van der Waals surface area contributed by atoms with E-state index in [1.807, 2.05) is 44.2 Å². The molecule has 3 rings (SSSR count). The highest BCUT2D eigenvalue weighted by molar-refractivity contribution is 5.84. The van der Waals surface area contributed by atoms with E-state index in [1.54, 1.807) is 16.9 Å². The van der Waals surface area contributed by atoms with Gasteiger partial charge in [-0.2, -0.15) is 0 Å². The van der Waals surface area contributed by atoms with Crippen LogP contribution in [0.4, 0.5) is 0 Å². The Bertz CT molecular complexity index is 910. The van der Waals surface area contributed by atoms with Crippen LogP contribution in [0.2, 0.25) is 0 Å². The van der Waals surface area contributed by atoms with Gasteiger partial charge in [0, 0.05) is 26.6 Å². The molecule has 1 aromatic carbocycles. The lowest BCUT2D eigenvalue weighted by atomic mass is 10.1. The molecule has 0 spiro atoms. The topological polar surface area (TPSA) is 81.5 Å². The van der Waals surface area contributed by atoms with Crippen LogP contribution in [0, 0.1) is 6.92 Å². The number of carbonyl (C=O) groups is 2. The third kappa shape index (κ3) is 6.50. The van der Waals surface area contributed by atoms with Crippen molar-refractivity contribution in [2.75, 3.05) is 33.6 Å². The highest BCUT2D eigenvalue weighted by Gasteiger charge is 2.23. The van der Waals surface area contributed by atoms with E-state index in [9.17, 15) is 9.59 Å². The first kappa shape index (κ1) is 23.7. The number of furan rings is 1. The van der Waals surface area contributed by atoms with Crippen molar-refractivity contribution in [1.29, 1.82) is 0 Å². The summed E-state index contributed by atoms with van der Waals surface area (Å²) in [6.45, 7) is 5.52. The van der Waals surface area contributed by atoms with Crippen LogP contribution in [0.15, 0.2) is 34.7 Å². The summed E-state index contributed by atoms with van der Waals surface area (Å²) in [7, 11) is 1.59. The van der Waals surface area contributed by atoms with Crippen molar-refractivity contribution in [2.45, 2.75) is 46.2 Å². The van der Waals surface area contributed by atoms with Crippen LogP contribution in [0.25, 0.3) is 0 Å². The summed E-state index contributed by atoms with van der Waals surface area (Å²) < 4.78 is 21.7. The van der Waals surface area contributed by atoms with Gasteiger partial charge in [-0.25, -0.2) is 0 Å². The lowest BCUT2D eigenvalue weighted by Gasteiger charge is -2.27. The number of fused-ring (bicyclic) bond motifs is 1. The first-order valence-corrected chi connectivity index (χ1v) is 11.0. The average Bonchev–Trinajstić information content (AvgIpc) is 3.42. The highest BCUT2D eigenvalue weighted by Crippen LogP contribution is 2.33. The molecule has 2 aromatic rings. The van der Waals surface area contributed by atoms with Crippen LogP contribution >= 0.6 is 0 Å². The van der Waals surface area contributed by atoms with Gasteiger partial charge in [-0.1, -0.05) is 19.4 Å². The molecule has 32 heavy (non-hydrogen) atoms. The third-order valence-electron chi connectivity index (χ3n) is 5.29. The van der Waals surface area contributed by atoms with Crippen molar-refractivity contribution in [3.8, 4) is 11.5 Å². The van der Waals surface area contributed by atoms with Crippen LogP contribution in [0.3, 0.4) is 0 Å². The quantitative estimate of drug-likeness (QED) is 0.498. The molecule has 0 saturated heterocycles. The van der Waals surface area contributed by atoms with Crippen molar-refractivity contribution < 1.29 is 28.2 Å².